The van der Waals surface area contributed by atoms with Crippen LogP contribution in [0, 0.1) is 5.92 Å². The SMILES string of the molecule is CC(C)(C)OC(=O)NCC1CCN(c2ncccn2)C1. The van der Waals surface area contributed by atoms with Crippen molar-refractivity contribution in [3.63, 3.8) is 0 Å². The Bertz CT molecular complexity index is 444. The molecule has 0 spiro atoms. The maximum Gasteiger partial charge on any atom is 0.407 e. The zero-order chi connectivity index (χ0) is 14.6. The molecule has 6 heteroatoms. The highest BCUT2D eigenvalue weighted by Crippen LogP contribution is 2.19. The van der Waals surface area contributed by atoms with Gasteiger partial charge in [0.25, 0.3) is 0 Å². The van der Waals surface area contributed by atoms with E-state index in [9.17, 15) is 4.79 Å². The predicted molar refractivity (Wildman–Crippen MR) is 76.6 cm³/mol. The molecule has 20 heavy (non-hydrogen) atoms. The molecule has 1 atom stereocenters. The van der Waals surface area contributed by atoms with E-state index >= 15 is 0 Å². The van der Waals surface area contributed by atoms with Crippen molar-refractivity contribution in [1.82, 2.24) is 15.3 Å². The van der Waals surface area contributed by atoms with Gasteiger partial charge in [-0.25, -0.2) is 14.8 Å². The molecule has 110 valence electrons. The molecule has 0 aliphatic carbocycles. The summed E-state index contributed by atoms with van der Waals surface area (Å²) in [6.45, 7) is 7.98. The smallest absolute Gasteiger partial charge is 0.407 e. The van der Waals surface area contributed by atoms with Crippen LogP contribution in [0.5, 0.6) is 0 Å². The molecule has 1 N–H and O–H groups in total. The number of anilines is 1. The molecule has 1 saturated heterocycles. The molecule has 2 rings (SSSR count). The Balaban J connectivity index is 1.75. The maximum absolute atomic E-state index is 11.6. The van der Waals surface area contributed by atoms with E-state index in [2.05, 4.69) is 20.2 Å². The first-order valence-corrected chi connectivity index (χ1v) is 6.93. The van der Waals surface area contributed by atoms with Gasteiger partial charge in [0, 0.05) is 32.0 Å². The largest absolute Gasteiger partial charge is 0.444 e. The molecule has 1 amide bonds. The van der Waals surface area contributed by atoms with Crippen LogP contribution in [-0.4, -0.2) is 41.3 Å². The summed E-state index contributed by atoms with van der Waals surface area (Å²) < 4.78 is 5.22. The fraction of sp³-hybridized carbons (Fsp3) is 0.643. The number of aromatic nitrogens is 2. The van der Waals surface area contributed by atoms with Gasteiger partial charge in [-0.2, -0.15) is 0 Å². The number of alkyl carbamates (subject to hydrolysis) is 1. The van der Waals surface area contributed by atoms with E-state index in [0.717, 1.165) is 25.5 Å². The summed E-state index contributed by atoms with van der Waals surface area (Å²) in [6, 6.07) is 1.81. The van der Waals surface area contributed by atoms with Gasteiger partial charge in [0.2, 0.25) is 5.95 Å². The Morgan fingerprint density at radius 1 is 1.45 bits per heavy atom. The van der Waals surface area contributed by atoms with Gasteiger partial charge in [-0.1, -0.05) is 0 Å². The van der Waals surface area contributed by atoms with Crippen molar-refractivity contribution in [2.75, 3.05) is 24.5 Å². The summed E-state index contributed by atoms with van der Waals surface area (Å²) in [5.74, 6) is 1.17. The summed E-state index contributed by atoms with van der Waals surface area (Å²) >= 11 is 0. The quantitative estimate of drug-likeness (QED) is 0.913. The van der Waals surface area contributed by atoms with Crippen molar-refractivity contribution in [2.24, 2.45) is 5.92 Å². The normalized spacial score (nSPS) is 18.9. The van der Waals surface area contributed by atoms with Crippen molar-refractivity contribution < 1.29 is 9.53 Å². The van der Waals surface area contributed by atoms with Crippen molar-refractivity contribution in [1.29, 1.82) is 0 Å². The van der Waals surface area contributed by atoms with Gasteiger partial charge in [0.05, 0.1) is 0 Å². The topological polar surface area (TPSA) is 67.3 Å². The molecule has 1 aromatic heterocycles. The number of nitrogens with zero attached hydrogens (tertiary/aromatic N) is 3. The van der Waals surface area contributed by atoms with Crippen LogP contribution >= 0.6 is 0 Å². The van der Waals surface area contributed by atoms with E-state index in [0.29, 0.717) is 12.5 Å². The highest BCUT2D eigenvalue weighted by Gasteiger charge is 2.25. The summed E-state index contributed by atoms with van der Waals surface area (Å²) in [5.41, 5.74) is -0.455. The Morgan fingerprint density at radius 3 is 2.80 bits per heavy atom. The van der Waals surface area contributed by atoms with E-state index in [1.165, 1.54) is 0 Å². The summed E-state index contributed by atoms with van der Waals surface area (Å²) in [4.78, 5) is 22.2. The third-order valence-electron chi connectivity index (χ3n) is 3.05. The molecule has 1 aliphatic heterocycles. The van der Waals surface area contributed by atoms with Gasteiger partial charge < -0.3 is 15.0 Å². The molecular weight excluding hydrogens is 256 g/mol. The van der Waals surface area contributed by atoms with E-state index < -0.39 is 5.60 Å². The van der Waals surface area contributed by atoms with Crippen molar-refractivity contribution in [3.8, 4) is 0 Å². The van der Waals surface area contributed by atoms with Crippen LogP contribution in [0.15, 0.2) is 18.5 Å². The van der Waals surface area contributed by atoms with Gasteiger partial charge in [0.1, 0.15) is 5.60 Å². The first-order chi connectivity index (χ1) is 9.44. The average Bonchev–Trinajstić information content (AvgIpc) is 2.84. The number of carbonyl (C=O) groups excluding carboxylic acids is 1. The number of amides is 1. The second-order valence-corrected chi connectivity index (χ2v) is 6.03. The number of hydrogen-bond acceptors (Lipinski definition) is 5. The van der Waals surface area contributed by atoms with Crippen LogP contribution in [0.2, 0.25) is 0 Å². The lowest BCUT2D eigenvalue weighted by molar-refractivity contribution is 0.0520. The fourth-order valence-electron chi connectivity index (χ4n) is 2.18. The van der Waals surface area contributed by atoms with Gasteiger partial charge in [0.15, 0.2) is 0 Å². The van der Waals surface area contributed by atoms with Crippen molar-refractivity contribution in [3.05, 3.63) is 18.5 Å². The minimum atomic E-state index is -0.455. The number of ether oxygens (including phenoxy) is 1. The lowest BCUT2D eigenvalue weighted by Crippen LogP contribution is -2.36. The molecule has 1 unspecified atom stereocenters. The zero-order valence-corrected chi connectivity index (χ0v) is 12.3. The highest BCUT2D eigenvalue weighted by molar-refractivity contribution is 5.67. The highest BCUT2D eigenvalue weighted by atomic mass is 16.6. The van der Waals surface area contributed by atoms with Crippen LogP contribution in [0.1, 0.15) is 27.2 Å². The van der Waals surface area contributed by atoms with Gasteiger partial charge >= 0.3 is 6.09 Å². The first-order valence-electron chi connectivity index (χ1n) is 6.93. The summed E-state index contributed by atoms with van der Waals surface area (Å²) in [6.07, 6.45) is 4.16. The second kappa shape index (κ2) is 6.07. The monoisotopic (exact) mass is 278 g/mol. The molecule has 1 aliphatic rings. The zero-order valence-electron chi connectivity index (χ0n) is 12.3. The third kappa shape index (κ3) is 4.36. The summed E-state index contributed by atoms with van der Waals surface area (Å²) in [5, 5.41) is 2.82. The lowest BCUT2D eigenvalue weighted by Gasteiger charge is -2.21. The molecule has 6 nitrogen and oxygen atoms in total. The van der Waals surface area contributed by atoms with E-state index in [1.807, 2.05) is 20.8 Å². The Hall–Kier alpha value is -1.85. The first kappa shape index (κ1) is 14.6. The molecule has 0 aromatic carbocycles. The molecule has 1 fully saturated rings. The Morgan fingerprint density at radius 2 is 2.15 bits per heavy atom. The standard InChI is InChI=1S/C14H22N4O2/c1-14(2,3)20-13(19)17-9-11-5-8-18(10-11)12-15-6-4-7-16-12/h4,6-7,11H,5,8-10H2,1-3H3,(H,17,19). The fourth-order valence-corrected chi connectivity index (χ4v) is 2.18. The predicted octanol–water partition coefficient (Wildman–Crippen LogP) is 1.83. The van der Waals surface area contributed by atoms with E-state index in [4.69, 9.17) is 4.74 Å². The Labute approximate surface area is 119 Å². The van der Waals surface area contributed by atoms with Crippen molar-refractivity contribution >= 4 is 12.0 Å². The summed E-state index contributed by atoms with van der Waals surface area (Å²) in [7, 11) is 0. The molecule has 0 bridgehead atoms. The van der Waals surface area contributed by atoms with E-state index in [1.54, 1.807) is 18.5 Å². The van der Waals surface area contributed by atoms with Gasteiger partial charge in [-0.15, -0.1) is 0 Å². The second-order valence-electron chi connectivity index (χ2n) is 6.03. The lowest BCUT2D eigenvalue weighted by atomic mass is 10.1. The minimum absolute atomic E-state index is 0.355. The molecule has 1 aromatic rings. The molecule has 0 radical (unpaired) electrons. The number of rotatable bonds is 3. The molecule has 0 saturated carbocycles. The van der Waals surface area contributed by atoms with Crippen LogP contribution in [0.25, 0.3) is 0 Å². The van der Waals surface area contributed by atoms with E-state index in [-0.39, 0.29) is 6.09 Å². The van der Waals surface area contributed by atoms with Crippen LogP contribution in [-0.2, 0) is 4.74 Å². The third-order valence-corrected chi connectivity index (χ3v) is 3.05. The van der Waals surface area contributed by atoms with Crippen LogP contribution in [0.3, 0.4) is 0 Å². The molecular formula is C14H22N4O2. The van der Waals surface area contributed by atoms with Gasteiger partial charge in [-0.05, 0) is 39.2 Å². The number of hydrogen-bond donors (Lipinski definition) is 1. The molecule has 2 heterocycles. The maximum atomic E-state index is 11.6. The van der Waals surface area contributed by atoms with Crippen molar-refractivity contribution in [2.45, 2.75) is 32.8 Å². The van der Waals surface area contributed by atoms with Crippen LogP contribution < -0.4 is 10.2 Å². The van der Waals surface area contributed by atoms with Gasteiger partial charge in [-0.3, -0.25) is 0 Å². The average molecular weight is 278 g/mol. The number of carbonyl (C=O) groups is 1. The Kier molecular flexibility index (Phi) is 4.42. The minimum Gasteiger partial charge on any atom is -0.444 e. The number of nitrogens with one attached hydrogen (secondary N) is 1. The van der Waals surface area contributed by atoms with Crippen LogP contribution in [0.4, 0.5) is 10.7 Å².